The second-order valence-corrected chi connectivity index (χ2v) is 7.95. The van der Waals surface area contributed by atoms with Crippen molar-refractivity contribution in [3.63, 3.8) is 0 Å². The molecule has 0 spiro atoms. The van der Waals surface area contributed by atoms with Gasteiger partial charge in [0.05, 0.1) is 0 Å². The second-order valence-electron chi connectivity index (χ2n) is 4.75. The van der Waals surface area contributed by atoms with Crippen LogP contribution in [0.25, 0.3) is 0 Å². The Bertz CT molecular complexity index is 624. The molecule has 0 fully saturated rings. The molecule has 0 aromatic heterocycles. The van der Waals surface area contributed by atoms with Gasteiger partial charge in [-0.05, 0) is 40.6 Å². The molecule has 24 heavy (non-hydrogen) atoms. The van der Waals surface area contributed by atoms with Gasteiger partial charge in [0.25, 0.3) is 7.57 Å². The van der Waals surface area contributed by atoms with E-state index >= 15 is 4.20 Å². The molecule has 0 amide bonds. The maximum absolute atomic E-state index is 16.1. The summed E-state index contributed by atoms with van der Waals surface area (Å²) in [6.07, 6.45) is 0. The van der Waals surface area contributed by atoms with Gasteiger partial charge in [-0.3, -0.25) is 0 Å². The summed E-state index contributed by atoms with van der Waals surface area (Å²) in [4.78, 5) is 0. The van der Waals surface area contributed by atoms with Crippen molar-refractivity contribution < 1.29 is 30.1 Å². The van der Waals surface area contributed by atoms with Crippen molar-refractivity contribution in [3.8, 4) is 0 Å². The van der Waals surface area contributed by atoms with Gasteiger partial charge in [0.15, 0.2) is 0 Å². The number of hydrogen-bond donors (Lipinski definition) is 0. The molecule has 0 aliphatic carbocycles. The van der Waals surface area contributed by atoms with Crippen molar-refractivity contribution in [2.24, 2.45) is 0 Å². The molecule has 0 N–H and O–H groups in total. The Balaban J connectivity index is 0.000000471. The predicted molar refractivity (Wildman–Crippen MR) is 89.6 cm³/mol. The van der Waals surface area contributed by atoms with E-state index in [1.807, 2.05) is 91.0 Å². The first kappa shape index (κ1) is 18.7. The third-order valence-electron chi connectivity index (χ3n) is 3.34. The van der Waals surface area contributed by atoms with E-state index in [2.05, 4.69) is 0 Å². The molecular weight excluding hydrogens is 379 g/mol. The van der Waals surface area contributed by atoms with Crippen molar-refractivity contribution in [2.75, 3.05) is 0 Å². The average molecular weight is 394 g/mol. The van der Waals surface area contributed by atoms with Crippen LogP contribution in [0.15, 0.2) is 91.0 Å². The summed E-state index contributed by atoms with van der Waals surface area (Å²) in [5, 5.41) is 2.28. The fourth-order valence-corrected chi connectivity index (χ4v) is 4.99. The first-order valence-electron chi connectivity index (χ1n) is 6.97. The molecule has 0 aliphatic heterocycles. The van der Waals surface area contributed by atoms with E-state index < -0.39 is 22.8 Å². The van der Waals surface area contributed by atoms with E-state index in [4.69, 9.17) is 0 Å². The van der Waals surface area contributed by atoms with Crippen LogP contribution >= 0.6 is 7.57 Å². The van der Waals surface area contributed by atoms with Gasteiger partial charge in [0.1, 0.15) is 15.9 Å². The van der Waals surface area contributed by atoms with Crippen molar-refractivity contribution in [2.45, 2.75) is 0 Å². The molecule has 0 radical (unpaired) electrons. The summed E-state index contributed by atoms with van der Waals surface area (Å²) in [5.41, 5.74) is 0. The molecule has 0 unspecified atom stereocenters. The molecule has 0 heterocycles. The van der Waals surface area contributed by atoms with Gasteiger partial charge in [-0.1, -0.05) is 54.6 Å². The van der Waals surface area contributed by atoms with E-state index in [9.17, 15) is 10.7 Å². The van der Waals surface area contributed by atoms with Crippen LogP contribution in [0.1, 0.15) is 0 Å². The minimum absolute atomic E-state index is 0.761. The van der Waals surface area contributed by atoms with Gasteiger partial charge < -0.3 is 0 Å². The first-order chi connectivity index (χ1) is 11.5. The monoisotopic (exact) mass is 394 g/mol. The van der Waals surface area contributed by atoms with E-state index in [0.717, 1.165) is 15.9 Å². The predicted octanol–water partition coefficient (Wildman–Crippen LogP) is 5.12. The summed E-state index contributed by atoms with van der Waals surface area (Å²) >= 11 is -4.25. The molecule has 0 aliphatic rings. The summed E-state index contributed by atoms with van der Waals surface area (Å²) in [5.74, 6) is 0. The van der Waals surface area contributed by atoms with E-state index in [1.54, 1.807) is 0 Å². The second kappa shape index (κ2) is 8.98. The third kappa shape index (κ3) is 4.67. The summed E-state index contributed by atoms with van der Waals surface area (Å²) in [6.45, 7) is 0. The summed E-state index contributed by atoms with van der Waals surface area (Å²) in [7, 11) is -3.03. The standard InChI is InChI=1S/C18H15FP.3FH.Fe/c19-20(16-10-4-1-5-11-16,17-12-6-2-7-13-17)18-14-8-3-9-15-18;;;;/h1-15H;3*1H;/q+1;;;;+3/p-3. The molecule has 3 aromatic carbocycles. The normalized spacial score (nSPS) is 11.2. The molecule has 0 nitrogen and oxygen atoms in total. The molecule has 0 saturated heterocycles. The van der Waals surface area contributed by atoms with Crippen LogP contribution in [0.3, 0.4) is 0 Å². The summed E-state index contributed by atoms with van der Waals surface area (Å²) in [6, 6.07) is 28.4. The molecule has 0 saturated carbocycles. The Labute approximate surface area is 144 Å². The van der Waals surface area contributed by atoms with Crippen molar-refractivity contribution in [1.82, 2.24) is 0 Å². The van der Waals surface area contributed by atoms with Crippen LogP contribution in [0.4, 0.5) is 14.9 Å². The molecule has 3 aromatic rings. The quantitative estimate of drug-likeness (QED) is 0.329. The number of benzene rings is 3. The van der Waals surface area contributed by atoms with Crippen LogP contribution in [0, 0.1) is 0 Å². The van der Waals surface area contributed by atoms with Crippen molar-refractivity contribution in [3.05, 3.63) is 91.0 Å². The Morgan fingerprint density at radius 2 is 0.708 bits per heavy atom. The molecule has 127 valence electrons. The zero-order valence-corrected chi connectivity index (χ0v) is 14.5. The molecule has 0 bridgehead atoms. The van der Waals surface area contributed by atoms with E-state index in [1.165, 1.54) is 0 Å². The minimum atomic E-state index is -4.25. The van der Waals surface area contributed by atoms with E-state index in [0.29, 0.717) is 0 Å². The third-order valence-corrected chi connectivity index (χ3v) is 6.37. The summed E-state index contributed by atoms with van der Waals surface area (Å²) < 4.78 is 45.3. The Morgan fingerprint density at radius 3 is 0.917 bits per heavy atom. The van der Waals surface area contributed by atoms with Crippen LogP contribution in [-0.2, 0) is 15.3 Å². The van der Waals surface area contributed by atoms with Gasteiger partial charge >= 0.3 is 25.9 Å². The van der Waals surface area contributed by atoms with Crippen LogP contribution in [0.2, 0.25) is 0 Å². The first-order valence-corrected chi connectivity index (χ1v) is 9.90. The topological polar surface area (TPSA) is 0 Å². The van der Waals surface area contributed by atoms with Crippen LogP contribution in [-0.4, -0.2) is 0 Å². The Hall–Kier alpha value is -1.67. The molecule has 3 rings (SSSR count). The van der Waals surface area contributed by atoms with Gasteiger partial charge in [-0.25, -0.2) is 0 Å². The SMILES string of the molecule is F[P+](c1ccccc1)(c1ccccc1)c1ccccc1.[F][Fe]([F])[F]. The molecule has 0 atom stereocenters. The fraction of sp³-hybridized carbons (Fsp3) is 0. The van der Waals surface area contributed by atoms with Gasteiger partial charge in [-0.15, -0.1) is 0 Å². The Morgan fingerprint density at radius 1 is 0.500 bits per heavy atom. The van der Waals surface area contributed by atoms with E-state index in [-0.39, 0.29) is 0 Å². The number of halogens is 4. The van der Waals surface area contributed by atoms with Gasteiger partial charge in [0.2, 0.25) is 0 Å². The van der Waals surface area contributed by atoms with Gasteiger partial charge in [0, 0.05) is 0 Å². The molecule has 6 heteroatoms. The zero-order valence-electron chi connectivity index (χ0n) is 12.5. The maximum atomic E-state index is 16.1. The van der Waals surface area contributed by atoms with Crippen LogP contribution in [0.5, 0.6) is 0 Å². The Kier molecular flexibility index (Phi) is 6.98. The molecular formula is C18H15F4FeP+. The van der Waals surface area contributed by atoms with Crippen LogP contribution < -0.4 is 15.9 Å². The van der Waals surface area contributed by atoms with Gasteiger partial charge in [-0.2, -0.15) is 0 Å². The van der Waals surface area contributed by atoms with Crippen molar-refractivity contribution >= 4 is 23.5 Å². The van der Waals surface area contributed by atoms with Crippen molar-refractivity contribution in [1.29, 1.82) is 0 Å². The number of hydrogen-bond acceptors (Lipinski definition) is 0. The number of rotatable bonds is 3. The fourth-order valence-electron chi connectivity index (χ4n) is 2.35. The average Bonchev–Trinajstić information content (AvgIpc) is 2.63. The zero-order chi connectivity index (χ0) is 17.4.